The van der Waals surface area contributed by atoms with Gasteiger partial charge in [0.15, 0.2) is 0 Å². The highest BCUT2D eigenvalue weighted by molar-refractivity contribution is 5.38. The van der Waals surface area contributed by atoms with Crippen molar-refractivity contribution in [3.63, 3.8) is 0 Å². The van der Waals surface area contributed by atoms with E-state index in [4.69, 9.17) is 4.74 Å². The van der Waals surface area contributed by atoms with Crippen LogP contribution in [0.1, 0.15) is 56.3 Å². The first-order valence-corrected chi connectivity index (χ1v) is 7.50. The Morgan fingerprint density at radius 3 is 2.74 bits per heavy atom. The molecule has 0 aliphatic heterocycles. The summed E-state index contributed by atoms with van der Waals surface area (Å²) in [5, 5.41) is 10.8. The number of aliphatic hydroxyl groups excluding tert-OH is 1. The maximum absolute atomic E-state index is 10.8. The lowest BCUT2D eigenvalue weighted by molar-refractivity contribution is 0.0434. The van der Waals surface area contributed by atoms with Gasteiger partial charge in [0.25, 0.3) is 0 Å². The number of ether oxygens (including phenoxy) is 1. The molecule has 1 fully saturated rings. The Balaban J connectivity index is 2.26. The third-order valence-electron chi connectivity index (χ3n) is 4.60. The molecule has 3 atom stereocenters. The second-order valence-corrected chi connectivity index (χ2v) is 5.81. The van der Waals surface area contributed by atoms with Crippen LogP contribution in [0.25, 0.3) is 0 Å². The van der Waals surface area contributed by atoms with Crippen molar-refractivity contribution >= 4 is 0 Å². The molecular formula is C17H26O2. The standard InChI is InChI=1S/C17H26O2/c1-4-13-7-5-6-8-14(13)17(18)15-11-12(2)9-10-16(15)19-3/h9-11,13-14,17-18H,4-8H2,1-3H3. The van der Waals surface area contributed by atoms with Crippen molar-refractivity contribution in [1.82, 2.24) is 0 Å². The number of methoxy groups -OCH3 is 1. The van der Waals surface area contributed by atoms with Crippen LogP contribution in [0.5, 0.6) is 5.75 Å². The first-order chi connectivity index (χ1) is 9.17. The van der Waals surface area contributed by atoms with Crippen LogP contribution in [-0.4, -0.2) is 12.2 Å². The van der Waals surface area contributed by atoms with Gasteiger partial charge in [-0.05, 0) is 37.3 Å². The highest BCUT2D eigenvalue weighted by Crippen LogP contribution is 2.42. The molecule has 1 aliphatic rings. The molecule has 0 saturated heterocycles. The van der Waals surface area contributed by atoms with Gasteiger partial charge in [0.2, 0.25) is 0 Å². The van der Waals surface area contributed by atoms with Crippen molar-refractivity contribution in [2.24, 2.45) is 11.8 Å². The lowest BCUT2D eigenvalue weighted by Gasteiger charge is -2.35. The van der Waals surface area contributed by atoms with Gasteiger partial charge in [-0.15, -0.1) is 0 Å². The van der Waals surface area contributed by atoms with Crippen molar-refractivity contribution in [2.75, 3.05) is 7.11 Å². The fourth-order valence-electron chi connectivity index (χ4n) is 3.47. The summed E-state index contributed by atoms with van der Waals surface area (Å²) >= 11 is 0. The molecule has 0 heterocycles. The summed E-state index contributed by atoms with van der Waals surface area (Å²) in [5.41, 5.74) is 2.14. The van der Waals surface area contributed by atoms with Crippen LogP contribution in [0.3, 0.4) is 0 Å². The summed E-state index contributed by atoms with van der Waals surface area (Å²) in [6, 6.07) is 6.08. The topological polar surface area (TPSA) is 29.5 Å². The average molecular weight is 262 g/mol. The molecular weight excluding hydrogens is 236 g/mol. The lowest BCUT2D eigenvalue weighted by Crippen LogP contribution is -2.25. The maximum atomic E-state index is 10.8. The van der Waals surface area contributed by atoms with Crippen LogP contribution in [0, 0.1) is 18.8 Å². The molecule has 1 aromatic carbocycles. The van der Waals surface area contributed by atoms with E-state index in [2.05, 4.69) is 19.9 Å². The van der Waals surface area contributed by atoms with Crippen molar-refractivity contribution in [3.8, 4) is 5.75 Å². The third-order valence-corrected chi connectivity index (χ3v) is 4.60. The van der Waals surface area contributed by atoms with Crippen molar-refractivity contribution in [1.29, 1.82) is 0 Å². The Kier molecular flexibility index (Phi) is 4.87. The highest BCUT2D eigenvalue weighted by Gasteiger charge is 2.31. The molecule has 1 aromatic rings. The molecule has 19 heavy (non-hydrogen) atoms. The maximum Gasteiger partial charge on any atom is 0.124 e. The van der Waals surface area contributed by atoms with E-state index in [0.717, 1.165) is 24.2 Å². The number of aryl methyl sites for hydroxylation is 1. The molecule has 2 heteroatoms. The van der Waals surface area contributed by atoms with Crippen LogP contribution >= 0.6 is 0 Å². The average Bonchev–Trinajstić information content (AvgIpc) is 2.46. The van der Waals surface area contributed by atoms with Gasteiger partial charge in [-0.3, -0.25) is 0 Å². The SMILES string of the molecule is CCC1CCCCC1C(O)c1cc(C)ccc1OC. The smallest absolute Gasteiger partial charge is 0.124 e. The highest BCUT2D eigenvalue weighted by atomic mass is 16.5. The lowest BCUT2D eigenvalue weighted by atomic mass is 9.73. The Hall–Kier alpha value is -1.02. The summed E-state index contributed by atoms with van der Waals surface area (Å²) in [5.74, 6) is 1.85. The van der Waals surface area contributed by atoms with E-state index < -0.39 is 0 Å². The van der Waals surface area contributed by atoms with Crippen LogP contribution < -0.4 is 4.74 Å². The second kappa shape index (κ2) is 6.42. The molecule has 2 rings (SSSR count). The molecule has 0 amide bonds. The number of hydrogen-bond donors (Lipinski definition) is 1. The molecule has 0 bridgehead atoms. The third kappa shape index (κ3) is 3.11. The molecule has 2 nitrogen and oxygen atoms in total. The Bertz CT molecular complexity index is 414. The summed E-state index contributed by atoms with van der Waals surface area (Å²) < 4.78 is 5.42. The zero-order valence-corrected chi connectivity index (χ0v) is 12.4. The van der Waals surface area contributed by atoms with Gasteiger partial charge < -0.3 is 9.84 Å². The van der Waals surface area contributed by atoms with E-state index in [9.17, 15) is 5.11 Å². The fourth-order valence-corrected chi connectivity index (χ4v) is 3.47. The first kappa shape index (κ1) is 14.4. The monoisotopic (exact) mass is 262 g/mol. The van der Waals surface area contributed by atoms with Crippen LogP contribution in [0.15, 0.2) is 18.2 Å². The summed E-state index contributed by atoms with van der Waals surface area (Å²) in [7, 11) is 1.68. The van der Waals surface area contributed by atoms with Crippen molar-refractivity contribution in [3.05, 3.63) is 29.3 Å². The van der Waals surface area contributed by atoms with E-state index in [0.29, 0.717) is 11.8 Å². The summed E-state index contributed by atoms with van der Waals surface area (Å²) in [6.07, 6.45) is 5.72. The molecule has 106 valence electrons. The van der Waals surface area contributed by atoms with Crippen molar-refractivity contribution < 1.29 is 9.84 Å². The van der Waals surface area contributed by atoms with Gasteiger partial charge in [-0.2, -0.15) is 0 Å². The van der Waals surface area contributed by atoms with Crippen molar-refractivity contribution in [2.45, 2.75) is 52.1 Å². The zero-order valence-electron chi connectivity index (χ0n) is 12.4. The molecule has 0 spiro atoms. The minimum atomic E-state index is -0.389. The normalized spacial score (nSPS) is 25.1. The Labute approximate surface area is 116 Å². The quantitative estimate of drug-likeness (QED) is 0.878. The van der Waals surface area contributed by atoms with Gasteiger partial charge in [-0.1, -0.05) is 44.2 Å². The predicted octanol–water partition coefficient (Wildman–Crippen LogP) is 4.25. The molecule has 1 saturated carbocycles. The van der Waals surface area contributed by atoms with Gasteiger partial charge in [0.05, 0.1) is 13.2 Å². The molecule has 3 unspecified atom stereocenters. The van der Waals surface area contributed by atoms with Crippen LogP contribution in [0.2, 0.25) is 0 Å². The predicted molar refractivity (Wildman–Crippen MR) is 78.4 cm³/mol. The fraction of sp³-hybridized carbons (Fsp3) is 0.647. The Morgan fingerprint density at radius 1 is 1.32 bits per heavy atom. The van der Waals surface area contributed by atoms with Gasteiger partial charge >= 0.3 is 0 Å². The number of benzene rings is 1. The Morgan fingerprint density at radius 2 is 2.05 bits per heavy atom. The van der Waals surface area contributed by atoms with Crippen LogP contribution in [-0.2, 0) is 0 Å². The summed E-state index contributed by atoms with van der Waals surface area (Å²) in [4.78, 5) is 0. The van der Waals surface area contributed by atoms with E-state index >= 15 is 0 Å². The zero-order chi connectivity index (χ0) is 13.8. The minimum Gasteiger partial charge on any atom is -0.496 e. The van der Waals surface area contributed by atoms with E-state index in [1.807, 2.05) is 12.1 Å². The van der Waals surface area contributed by atoms with Gasteiger partial charge in [0.1, 0.15) is 5.75 Å². The van der Waals surface area contributed by atoms with Crippen LogP contribution in [0.4, 0.5) is 0 Å². The van der Waals surface area contributed by atoms with E-state index in [-0.39, 0.29) is 6.10 Å². The second-order valence-electron chi connectivity index (χ2n) is 5.81. The van der Waals surface area contributed by atoms with Gasteiger partial charge in [0, 0.05) is 5.56 Å². The molecule has 0 radical (unpaired) electrons. The number of aliphatic hydroxyl groups is 1. The summed E-state index contributed by atoms with van der Waals surface area (Å²) in [6.45, 7) is 4.30. The first-order valence-electron chi connectivity index (χ1n) is 7.50. The molecule has 0 aromatic heterocycles. The number of rotatable bonds is 4. The van der Waals surface area contributed by atoms with Gasteiger partial charge in [-0.25, -0.2) is 0 Å². The van der Waals surface area contributed by atoms with E-state index in [1.54, 1.807) is 7.11 Å². The molecule has 1 N–H and O–H groups in total. The minimum absolute atomic E-state index is 0.384. The number of hydrogen-bond acceptors (Lipinski definition) is 2. The van der Waals surface area contributed by atoms with E-state index in [1.165, 1.54) is 24.8 Å². The molecule has 1 aliphatic carbocycles. The largest absolute Gasteiger partial charge is 0.496 e.